The summed E-state index contributed by atoms with van der Waals surface area (Å²) in [6.45, 7) is 4.47. The average Bonchev–Trinajstić information content (AvgIpc) is 2.12. The van der Waals surface area contributed by atoms with Gasteiger partial charge >= 0.3 is 5.97 Å². The van der Waals surface area contributed by atoms with Crippen molar-refractivity contribution in [2.45, 2.75) is 20.8 Å². The predicted octanol–water partition coefficient (Wildman–Crippen LogP) is 1.69. The monoisotopic (exact) mass is 223 g/mol. The number of carbonyl (C=O) groups excluding carboxylic acids is 1. The number of carbonyl (C=O) groups is 1. The van der Waals surface area contributed by atoms with Gasteiger partial charge in [0.25, 0.3) is 0 Å². The van der Waals surface area contributed by atoms with Crippen molar-refractivity contribution in [1.29, 1.82) is 0 Å². The number of phenolic OH excluding ortho intramolecular Hbond substituents is 2. The van der Waals surface area contributed by atoms with E-state index in [0.717, 1.165) is 5.56 Å². The molecule has 1 aromatic carbocycles. The third kappa shape index (κ3) is 2.73. The van der Waals surface area contributed by atoms with E-state index in [-0.39, 0.29) is 22.8 Å². The second-order valence-electron chi connectivity index (χ2n) is 3.44. The predicted molar refractivity (Wildman–Crippen MR) is 58.5 cm³/mol. The topological polar surface area (TPSA) is 79.1 Å². The molecule has 16 heavy (non-hydrogen) atoms. The number of phenols is 2. The Morgan fingerprint density at radius 2 is 1.75 bits per heavy atom. The van der Waals surface area contributed by atoms with Gasteiger partial charge in [0.2, 0.25) is 0 Å². The van der Waals surface area contributed by atoms with Crippen LogP contribution >= 0.6 is 0 Å². The average molecular weight is 223 g/mol. The molecule has 86 valence electrons. The minimum absolute atomic E-state index is 0.106. The van der Waals surface area contributed by atoms with Gasteiger partial charge < -0.3 is 15.1 Å². The maximum atomic E-state index is 10.5. The number of nitrogens with zero attached hydrogens (tertiary/aromatic N) is 1. The Hall–Kier alpha value is -2.04. The van der Waals surface area contributed by atoms with E-state index in [1.54, 1.807) is 6.92 Å². The van der Waals surface area contributed by atoms with Crippen molar-refractivity contribution in [1.82, 2.24) is 0 Å². The van der Waals surface area contributed by atoms with Crippen LogP contribution < -0.4 is 0 Å². The van der Waals surface area contributed by atoms with Gasteiger partial charge in [-0.3, -0.25) is 0 Å². The molecule has 0 spiro atoms. The van der Waals surface area contributed by atoms with E-state index in [9.17, 15) is 15.0 Å². The van der Waals surface area contributed by atoms with Gasteiger partial charge in [-0.05, 0) is 31.5 Å². The van der Waals surface area contributed by atoms with E-state index in [1.807, 2.05) is 0 Å². The van der Waals surface area contributed by atoms with E-state index in [0.29, 0.717) is 0 Å². The number of hydrogen-bond donors (Lipinski definition) is 2. The lowest BCUT2D eigenvalue weighted by Crippen LogP contribution is -2.00. The largest absolute Gasteiger partial charge is 0.507 e. The van der Waals surface area contributed by atoms with Crippen molar-refractivity contribution >= 4 is 11.7 Å². The van der Waals surface area contributed by atoms with Crippen LogP contribution in [0.1, 0.15) is 25.0 Å². The molecular weight excluding hydrogens is 210 g/mol. The minimum Gasteiger partial charge on any atom is -0.507 e. The summed E-state index contributed by atoms with van der Waals surface area (Å²) in [5, 5.41) is 22.7. The van der Waals surface area contributed by atoms with Crippen LogP contribution in [0.4, 0.5) is 0 Å². The Morgan fingerprint density at radius 1 is 1.25 bits per heavy atom. The van der Waals surface area contributed by atoms with E-state index in [1.165, 1.54) is 26.0 Å². The third-order valence-electron chi connectivity index (χ3n) is 1.91. The van der Waals surface area contributed by atoms with Gasteiger partial charge in [-0.1, -0.05) is 5.16 Å². The minimum atomic E-state index is -0.564. The molecule has 0 saturated carbocycles. The zero-order valence-corrected chi connectivity index (χ0v) is 9.31. The van der Waals surface area contributed by atoms with Crippen LogP contribution in [-0.4, -0.2) is 21.9 Å². The van der Waals surface area contributed by atoms with Gasteiger partial charge in [0.15, 0.2) is 0 Å². The maximum Gasteiger partial charge on any atom is 0.331 e. The highest BCUT2D eigenvalue weighted by atomic mass is 16.7. The fraction of sp³-hybridized carbons (Fsp3) is 0.273. The molecule has 2 N–H and O–H groups in total. The Morgan fingerprint density at radius 3 is 2.19 bits per heavy atom. The SMILES string of the molecule is CC(=O)O/N=C(/C)c1c(O)cc(C)cc1O. The lowest BCUT2D eigenvalue weighted by atomic mass is 10.1. The number of benzene rings is 1. The Balaban J connectivity index is 3.13. The fourth-order valence-corrected chi connectivity index (χ4v) is 1.30. The van der Waals surface area contributed by atoms with Crippen LogP contribution in [0.25, 0.3) is 0 Å². The normalized spacial score (nSPS) is 11.3. The van der Waals surface area contributed by atoms with Crippen LogP contribution in [0.3, 0.4) is 0 Å². The van der Waals surface area contributed by atoms with Crippen LogP contribution in [0.5, 0.6) is 11.5 Å². The highest BCUT2D eigenvalue weighted by molar-refractivity contribution is 6.03. The van der Waals surface area contributed by atoms with Crippen molar-refractivity contribution in [3.8, 4) is 11.5 Å². The number of hydrogen-bond acceptors (Lipinski definition) is 5. The molecule has 0 heterocycles. The lowest BCUT2D eigenvalue weighted by Gasteiger charge is -2.07. The van der Waals surface area contributed by atoms with Gasteiger partial charge in [-0.25, -0.2) is 4.79 Å². The number of aryl methyl sites for hydroxylation is 1. The fourth-order valence-electron chi connectivity index (χ4n) is 1.30. The molecule has 0 atom stereocenters. The number of aromatic hydroxyl groups is 2. The first-order valence-electron chi connectivity index (χ1n) is 4.67. The van der Waals surface area contributed by atoms with Gasteiger partial charge in [-0.2, -0.15) is 0 Å². The molecule has 1 rings (SSSR count). The Bertz CT molecular complexity index is 428. The van der Waals surface area contributed by atoms with Crippen LogP contribution in [-0.2, 0) is 9.63 Å². The first kappa shape index (κ1) is 12.0. The smallest absolute Gasteiger partial charge is 0.331 e. The van der Waals surface area contributed by atoms with Crippen LogP contribution in [0.2, 0.25) is 0 Å². The molecule has 0 unspecified atom stereocenters. The van der Waals surface area contributed by atoms with E-state index in [2.05, 4.69) is 9.99 Å². The van der Waals surface area contributed by atoms with Crippen molar-refractivity contribution in [2.75, 3.05) is 0 Å². The third-order valence-corrected chi connectivity index (χ3v) is 1.91. The molecule has 0 fully saturated rings. The molecular formula is C11H13NO4. The number of rotatable bonds is 2. The summed E-state index contributed by atoms with van der Waals surface area (Å²) < 4.78 is 0. The van der Waals surface area contributed by atoms with Crippen molar-refractivity contribution in [2.24, 2.45) is 5.16 Å². The summed E-state index contributed by atoms with van der Waals surface area (Å²) in [5.41, 5.74) is 1.11. The van der Waals surface area contributed by atoms with Gasteiger partial charge in [0, 0.05) is 6.92 Å². The maximum absolute atomic E-state index is 10.5. The van der Waals surface area contributed by atoms with E-state index >= 15 is 0 Å². The molecule has 5 nitrogen and oxygen atoms in total. The summed E-state index contributed by atoms with van der Waals surface area (Å²) in [7, 11) is 0. The summed E-state index contributed by atoms with van der Waals surface area (Å²) in [6.07, 6.45) is 0. The first-order chi connectivity index (χ1) is 7.41. The van der Waals surface area contributed by atoms with Crippen molar-refractivity contribution in [3.05, 3.63) is 23.3 Å². The highest BCUT2D eigenvalue weighted by Crippen LogP contribution is 2.29. The lowest BCUT2D eigenvalue weighted by molar-refractivity contribution is -0.140. The molecule has 0 aliphatic rings. The zero-order chi connectivity index (χ0) is 12.3. The standard InChI is InChI=1S/C11H13NO4/c1-6-4-9(14)11(10(15)5-6)7(2)12-16-8(3)13/h4-5,14-15H,1-3H3/b12-7-. The highest BCUT2D eigenvalue weighted by Gasteiger charge is 2.12. The number of oxime groups is 1. The molecule has 0 aromatic heterocycles. The molecule has 1 aromatic rings. The summed E-state index contributed by atoms with van der Waals surface area (Å²) in [4.78, 5) is 15.0. The zero-order valence-electron chi connectivity index (χ0n) is 9.31. The molecule has 0 radical (unpaired) electrons. The summed E-state index contributed by atoms with van der Waals surface area (Å²) >= 11 is 0. The van der Waals surface area contributed by atoms with Gasteiger partial charge in [-0.15, -0.1) is 0 Å². The van der Waals surface area contributed by atoms with Crippen molar-refractivity contribution in [3.63, 3.8) is 0 Å². The van der Waals surface area contributed by atoms with Crippen LogP contribution in [0, 0.1) is 6.92 Å². The van der Waals surface area contributed by atoms with Crippen molar-refractivity contribution < 1.29 is 19.8 Å². The first-order valence-corrected chi connectivity index (χ1v) is 4.67. The van der Waals surface area contributed by atoms with E-state index < -0.39 is 5.97 Å². The Labute approximate surface area is 93.0 Å². The summed E-state index contributed by atoms with van der Waals surface area (Å²) in [6, 6.07) is 2.98. The molecule has 5 heteroatoms. The van der Waals surface area contributed by atoms with Gasteiger partial charge in [0.05, 0.1) is 11.3 Å². The second-order valence-corrected chi connectivity index (χ2v) is 3.44. The van der Waals surface area contributed by atoms with E-state index in [4.69, 9.17) is 0 Å². The molecule has 0 aliphatic carbocycles. The second kappa shape index (κ2) is 4.65. The summed E-state index contributed by atoms with van der Waals surface area (Å²) in [5.74, 6) is -0.776. The van der Waals surface area contributed by atoms with Crippen LogP contribution in [0.15, 0.2) is 17.3 Å². The Kier molecular flexibility index (Phi) is 3.50. The molecule has 0 saturated heterocycles. The molecule has 0 aliphatic heterocycles. The van der Waals surface area contributed by atoms with Gasteiger partial charge in [0.1, 0.15) is 11.5 Å². The molecule has 0 amide bonds. The quantitative estimate of drug-likeness (QED) is 0.454. The molecule has 0 bridgehead atoms.